The molecule has 2 rings (SSSR count). The molecule has 0 radical (unpaired) electrons. The van der Waals surface area contributed by atoms with E-state index in [1.165, 1.54) is 7.11 Å². The van der Waals surface area contributed by atoms with Gasteiger partial charge in [0.2, 0.25) is 0 Å². The van der Waals surface area contributed by atoms with E-state index in [4.69, 9.17) is 4.74 Å². The molecule has 0 heterocycles. The zero-order valence-corrected chi connectivity index (χ0v) is 10.5. The first-order chi connectivity index (χ1) is 7.63. The van der Waals surface area contributed by atoms with Crippen LogP contribution in [0.5, 0.6) is 11.5 Å². The van der Waals surface area contributed by atoms with Gasteiger partial charge in [0.1, 0.15) is 0 Å². The minimum absolute atomic E-state index is 0.0898. The molecular weight excluding hydrogens is 270 g/mol. The van der Waals surface area contributed by atoms with Crippen molar-refractivity contribution in [2.45, 2.75) is 24.7 Å². The van der Waals surface area contributed by atoms with Crippen molar-refractivity contribution in [3.8, 4) is 17.6 Å². The SMILES string of the molecule is COc1cc(Br)cc(C2(C#N)CCC2)c1O. The van der Waals surface area contributed by atoms with Gasteiger partial charge in [-0.15, -0.1) is 0 Å². The number of hydrogen-bond acceptors (Lipinski definition) is 3. The highest BCUT2D eigenvalue weighted by molar-refractivity contribution is 9.10. The molecule has 1 aliphatic carbocycles. The maximum atomic E-state index is 10.0. The number of aromatic hydroxyl groups is 1. The molecule has 84 valence electrons. The highest BCUT2D eigenvalue weighted by atomic mass is 79.9. The van der Waals surface area contributed by atoms with Gasteiger partial charge in [0.05, 0.1) is 18.6 Å². The van der Waals surface area contributed by atoms with Gasteiger partial charge >= 0.3 is 0 Å². The van der Waals surface area contributed by atoms with E-state index in [1.54, 1.807) is 12.1 Å². The summed E-state index contributed by atoms with van der Waals surface area (Å²) in [5.74, 6) is 0.498. The van der Waals surface area contributed by atoms with Gasteiger partial charge in [0.15, 0.2) is 11.5 Å². The number of methoxy groups -OCH3 is 1. The molecule has 0 unspecified atom stereocenters. The van der Waals surface area contributed by atoms with Crippen LogP contribution in [0.25, 0.3) is 0 Å². The molecule has 0 atom stereocenters. The molecule has 16 heavy (non-hydrogen) atoms. The van der Waals surface area contributed by atoms with Crippen LogP contribution in [0.15, 0.2) is 16.6 Å². The van der Waals surface area contributed by atoms with Crippen molar-refractivity contribution in [1.29, 1.82) is 5.26 Å². The lowest BCUT2D eigenvalue weighted by Crippen LogP contribution is -2.32. The average molecular weight is 282 g/mol. The van der Waals surface area contributed by atoms with E-state index in [0.29, 0.717) is 11.3 Å². The summed E-state index contributed by atoms with van der Waals surface area (Å²) in [7, 11) is 1.51. The van der Waals surface area contributed by atoms with Crippen LogP contribution in [0, 0.1) is 11.3 Å². The van der Waals surface area contributed by atoms with Crippen LogP contribution in [0.2, 0.25) is 0 Å². The second-order valence-corrected chi connectivity index (χ2v) is 4.97. The molecule has 3 nitrogen and oxygen atoms in total. The van der Waals surface area contributed by atoms with Crippen molar-refractivity contribution < 1.29 is 9.84 Å². The van der Waals surface area contributed by atoms with E-state index >= 15 is 0 Å². The van der Waals surface area contributed by atoms with Gasteiger partial charge in [-0.25, -0.2) is 0 Å². The normalized spacial score (nSPS) is 17.3. The summed E-state index contributed by atoms with van der Waals surface area (Å²) < 4.78 is 5.90. The van der Waals surface area contributed by atoms with E-state index < -0.39 is 5.41 Å². The van der Waals surface area contributed by atoms with E-state index in [2.05, 4.69) is 22.0 Å². The maximum absolute atomic E-state index is 10.0. The molecule has 1 aromatic rings. The summed E-state index contributed by atoms with van der Waals surface area (Å²) in [4.78, 5) is 0. The molecule has 1 saturated carbocycles. The highest BCUT2D eigenvalue weighted by Crippen LogP contribution is 2.49. The number of nitriles is 1. The monoisotopic (exact) mass is 281 g/mol. The van der Waals surface area contributed by atoms with Gasteiger partial charge in [0, 0.05) is 10.0 Å². The summed E-state index contributed by atoms with van der Waals surface area (Å²) in [6.07, 6.45) is 2.63. The number of halogens is 1. The number of phenolic OH excluding ortho intramolecular Hbond substituents is 1. The lowest BCUT2D eigenvalue weighted by molar-refractivity contribution is 0.303. The number of ether oxygens (including phenoxy) is 1. The standard InChI is InChI=1S/C12H12BrNO2/c1-16-10-6-8(13)5-9(11(10)15)12(7-14)3-2-4-12/h5-6,15H,2-4H2,1H3. The fourth-order valence-corrected chi connectivity index (χ4v) is 2.50. The predicted octanol–water partition coefficient (Wildman–Crippen LogP) is 3.11. The zero-order valence-electron chi connectivity index (χ0n) is 8.96. The summed E-state index contributed by atoms with van der Waals surface area (Å²) in [6.45, 7) is 0. The Kier molecular flexibility index (Phi) is 2.81. The van der Waals surface area contributed by atoms with Crippen LogP contribution in [0.4, 0.5) is 0 Å². The van der Waals surface area contributed by atoms with Gasteiger partial charge in [-0.3, -0.25) is 0 Å². The Morgan fingerprint density at radius 1 is 1.50 bits per heavy atom. The Hall–Kier alpha value is -1.21. The smallest absolute Gasteiger partial charge is 0.162 e. The van der Waals surface area contributed by atoms with E-state index in [9.17, 15) is 10.4 Å². The lowest BCUT2D eigenvalue weighted by atomic mass is 9.65. The Labute approximate surface area is 103 Å². The van der Waals surface area contributed by atoms with Crippen LogP contribution < -0.4 is 4.74 Å². The molecule has 0 saturated heterocycles. The Morgan fingerprint density at radius 3 is 2.62 bits per heavy atom. The molecular formula is C12H12BrNO2. The summed E-state index contributed by atoms with van der Waals surface area (Å²) >= 11 is 3.36. The first-order valence-electron chi connectivity index (χ1n) is 5.11. The number of benzene rings is 1. The average Bonchev–Trinajstić information content (AvgIpc) is 2.21. The van der Waals surface area contributed by atoms with Gasteiger partial charge in [-0.2, -0.15) is 5.26 Å². The second-order valence-electron chi connectivity index (χ2n) is 4.05. The molecule has 1 aliphatic rings. The molecule has 4 heteroatoms. The molecule has 1 fully saturated rings. The Balaban J connectivity index is 2.56. The molecule has 1 N–H and O–H groups in total. The van der Waals surface area contributed by atoms with Crippen LogP contribution >= 0.6 is 15.9 Å². The van der Waals surface area contributed by atoms with Crippen LogP contribution in [0.3, 0.4) is 0 Å². The first-order valence-corrected chi connectivity index (χ1v) is 5.90. The largest absolute Gasteiger partial charge is 0.504 e. The first kappa shape index (κ1) is 11.3. The van der Waals surface area contributed by atoms with E-state index in [0.717, 1.165) is 23.7 Å². The lowest BCUT2D eigenvalue weighted by Gasteiger charge is -2.36. The molecule has 0 amide bonds. The maximum Gasteiger partial charge on any atom is 0.162 e. The van der Waals surface area contributed by atoms with Crippen molar-refractivity contribution in [2.24, 2.45) is 0 Å². The van der Waals surface area contributed by atoms with Crippen molar-refractivity contribution in [3.05, 3.63) is 22.2 Å². The summed E-state index contributed by atoms with van der Waals surface area (Å²) in [5.41, 5.74) is 0.147. The number of phenols is 1. The zero-order chi connectivity index (χ0) is 11.8. The minimum atomic E-state index is -0.527. The predicted molar refractivity (Wildman–Crippen MR) is 63.5 cm³/mol. The molecule has 0 aromatic heterocycles. The van der Waals surface area contributed by atoms with E-state index in [1.807, 2.05) is 0 Å². The van der Waals surface area contributed by atoms with Crippen molar-refractivity contribution in [3.63, 3.8) is 0 Å². The third kappa shape index (κ3) is 1.56. The second kappa shape index (κ2) is 3.99. The number of hydrogen-bond donors (Lipinski definition) is 1. The quantitative estimate of drug-likeness (QED) is 0.906. The van der Waals surface area contributed by atoms with Crippen molar-refractivity contribution in [2.75, 3.05) is 7.11 Å². The van der Waals surface area contributed by atoms with Gasteiger partial charge < -0.3 is 9.84 Å². The van der Waals surface area contributed by atoms with Crippen LogP contribution in [0.1, 0.15) is 24.8 Å². The molecule has 0 spiro atoms. The van der Waals surface area contributed by atoms with Crippen LogP contribution in [-0.4, -0.2) is 12.2 Å². The van der Waals surface area contributed by atoms with Crippen LogP contribution in [-0.2, 0) is 5.41 Å². The fourth-order valence-electron chi connectivity index (χ4n) is 2.07. The Morgan fingerprint density at radius 2 is 2.19 bits per heavy atom. The molecule has 0 aliphatic heterocycles. The van der Waals surface area contributed by atoms with Gasteiger partial charge in [0.25, 0.3) is 0 Å². The number of rotatable bonds is 2. The topological polar surface area (TPSA) is 53.2 Å². The highest BCUT2D eigenvalue weighted by Gasteiger charge is 2.41. The Bertz CT molecular complexity index is 461. The summed E-state index contributed by atoms with van der Waals surface area (Å²) in [6, 6.07) is 5.82. The van der Waals surface area contributed by atoms with Gasteiger partial charge in [-0.1, -0.05) is 15.9 Å². The third-order valence-corrected chi connectivity index (χ3v) is 3.65. The summed E-state index contributed by atoms with van der Waals surface area (Å²) in [5, 5.41) is 19.3. The van der Waals surface area contributed by atoms with E-state index in [-0.39, 0.29) is 5.75 Å². The minimum Gasteiger partial charge on any atom is -0.504 e. The third-order valence-electron chi connectivity index (χ3n) is 3.20. The van der Waals surface area contributed by atoms with Crippen molar-refractivity contribution >= 4 is 15.9 Å². The fraction of sp³-hybridized carbons (Fsp3) is 0.417. The van der Waals surface area contributed by atoms with Gasteiger partial charge in [-0.05, 0) is 31.4 Å². The molecule has 1 aromatic carbocycles. The van der Waals surface area contributed by atoms with Crippen molar-refractivity contribution in [1.82, 2.24) is 0 Å². The molecule has 0 bridgehead atoms. The number of nitrogens with zero attached hydrogens (tertiary/aromatic N) is 1.